The Morgan fingerprint density at radius 2 is 1.91 bits per heavy atom. The molecule has 128 valence electrons. The van der Waals surface area contributed by atoms with Crippen LogP contribution in [0.3, 0.4) is 0 Å². The molecule has 0 spiro atoms. The molecule has 0 aliphatic heterocycles. The summed E-state index contributed by atoms with van der Waals surface area (Å²) in [5.74, 6) is 4.06. The molecule has 0 aromatic rings. The minimum absolute atomic E-state index is 0.203. The number of hydrogen-bond donors (Lipinski definition) is 2. The highest BCUT2D eigenvalue weighted by molar-refractivity contribution is 5.92. The van der Waals surface area contributed by atoms with Gasteiger partial charge in [0.15, 0.2) is 0 Å². The third-order valence-corrected chi connectivity index (χ3v) is 2.86. The van der Waals surface area contributed by atoms with Crippen LogP contribution in [0.15, 0.2) is 0 Å². The number of hydrogen-bond acceptors (Lipinski definition) is 6. The molecule has 1 unspecified atom stereocenters. The molecule has 0 fully saturated rings. The fourth-order valence-corrected chi connectivity index (χ4v) is 1.80. The molecule has 8 nitrogen and oxygen atoms in total. The smallest absolute Gasteiger partial charge is 0.431 e. The maximum absolute atomic E-state index is 12.3. The Balaban J connectivity index is 4.83. The quantitative estimate of drug-likeness (QED) is 0.176. The van der Waals surface area contributed by atoms with Gasteiger partial charge >= 0.3 is 6.09 Å². The summed E-state index contributed by atoms with van der Waals surface area (Å²) < 4.78 is 5.02. The second-order valence-electron chi connectivity index (χ2n) is 6.11. The van der Waals surface area contributed by atoms with Gasteiger partial charge in [-0.2, -0.15) is 5.01 Å². The summed E-state index contributed by atoms with van der Waals surface area (Å²) >= 11 is 0. The van der Waals surface area contributed by atoms with Gasteiger partial charge < -0.3 is 4.74 Å². The molecule has 0 bridgehead atoms. The maximum Gasteiger partial charge on any atom is 0.431 e. The van der Waals surface area contributed by atoms with Crippen molar-refractivity contribution in [2.45, 2.75) is 59.0 Å². The van der Waals surface area contributed by atoms with E-state index in [0.29, 0.717) is 16.5 Å². The molecular formula is C14H27N3O5. The molecule has 0 radical (unpaired) electrons. The van der Waals surface area contributed by atoms with Crippen LogP contribution in [0.1, 0.15) is 53.4 Å². The summed E-state index contributed by atoms with van der Waals surface area (Å²) in [5.41, 5.74) is -0.779. The largest absolute Gasteiger partial charge is 0.442 e. The van der Waals surface area contributed by atoms with E-state index in [1.807, 2.05) is 6.92 Å². The van der Waals surface area contributed by atoms with Crippen LogP contribution in [0.25, 0.3) is 0 Å². The monoisotopic (exact) mass is 317 g/mol. The third kappa shape index (κ3) is 7.94. The Kier molecular flexibility index (Phi) is 8.66. The number of rotatable bonds is 8. The Morgan fingerprint density at radius 1 is 1.32 bits per heavy atom. The average molecular weight is 317 g/mol. The molecule has 0 aliphatic rings. The molecule has 0 rings (SSSR count). The molecule has 0 heterocycles. The first kappa shape index (κ1) is 20.3. The lowest BCUT2D eigenvalue weighted by atomic mass is 10.00. The van der Waals surface area contributed by atoms with Crippen molar-refractivity contribution in [1.29, 1.82) is 0 Å². The molecule has 22 heavy (non-hydrogen) atoms. The van der Waals surface area contributed by atoms with E-state index < -0.39 is 23.5 Å². The lowest BCUT2D eigenvalue weighted by molar-refractivity contribution is -0.156. The van der Waals surface area contributed by atoms with Crippen molar-refractivity contribution < 1.29 is 24.3 Å². The van der Waals surface area contributed by atoms with Crippen LogP contribution in [-0.2, 0) is 14.3 Å². The normalized spacial score (nSPS) is 12.5. The van der Waals surface area contributed by atoms with Crippen molar-refractivity contribution in [1.82, 2.24) is 10.1 Å². The zero-order valence-corrected chi connectivity index (χ0v) is 13.7. The van der Waals surface area contributed by atoms with E-state index in [9.17, 15) is 19.6 Å². The second kappa shape index (κ2) is 9.37. The summed E-state index contributed by atoms with van der Waals surface area (Å²) in [4.78, 5) is 34.6. The van der Waals surface area contributed by atoms with Gasteiger partial charge in [0.05, 0.1) is 12.5 Å². The number of nitrogens with two attached hydrogens (primary N) is 1. The zero-order valence-electron chi connectivity index (χ0n) is 13.7. The number of hydrazine groups is 1. The molecule has 0 aromatic carbocycles. The molecular weight excluding hydrogens is 290 g/mol. The minimum Gasteiger partial charge on any atom is -0.442 e. The van der Waals surface area contributed by atoms with E-state index in [2.05, 4.69) is 0 Å². The van der Waals surface area contributed by atoms with Gasteiger partial charge in [-0.15, -0.1) is 0 Å². The highest BCUT2D eigenvalue weighted by atomic mass is 16.6. The number of nitrogens with zero attached hydrogens (tertiary/aromatic N) is 2. The Labute approximate surface area is 131 Å². The van der Waals surface area contributed by atoms with Crippen LogP contribution in [0, 0.1) is 5.92 Å². The van der Waals surface area contributed by atoms with E-state index in [-0.39, 0.29) is 13.0 Å². The molecule has 0 saturated carbocycles. The Bertz CT molecular complexity index is 381. The molecule has 0 aliphatic carbocycles. The van der Waals surface area contributed by atoms with Crippen molar-refractivity contribution in [2.24, 2.45) is 11.8 Å². The number of imide groups is 1. The fraction of sp³-hybridized carbons (Fsp3) is 0.786. The van der Waals surface area contributed by atoms with Crippen LogP contribution >= 0.6 is 0 Å². The first-order valence-electron chi connectivity index (χ1n) is 7.34. The lowest BCUT2D eigenvalue weighted by Crippen LogP contribution is -2.49. The SMILES string of the molecule is CCCCCC(CN(O)C=O)C(=O)N(N)C(=O)OC(C)(C)C. The van der Waals surface area contributed by atoms with Crippen molar-refractivity contribution in [3.8, 4) is 0 Å². The first-order chi connectivity index (χ1) is 10.1. The highest BCUT2D eigenvalue weighted by Crippen LogP contribution is 2.15. The van der Waals surface area contributed by atoms with E-state index in [1.54, 1.807) is 20.8 Å². The topological polar surface area (TPSA) is 113 Å². The summed E-state index contributed by atoms with van der Waals surface area (Å²) in [5, 5.41) is 10.1. The summed E-state index contributed by atoms with van der Waals surface area (Å²) in [7, 11) is 0. The van der Waals surface area contributed by atoms with Gasteiger partial charge in [0.2, 0.25) is 6.41 Å². The van der Waals surface area contributed by atoms with Crippen molar-refractivity contribution in [2.75, 3.05) is 6.54 Å². The Morgan fingerprint density at radius 3 is 2.36 bits per heavy atom. The molecule has 0 saturated heterocycles. The van der Waals surface area contributed by atoms with Gasteiger partial charge in [0.25, 0.3) is 5.91 Å². The van der Waals surface area contributed by atoms with Crippen LogP contribution in [-0.4, -0.2) is 45.8 Å². The second-order valence-corrected chi connectivity index (χ2v) is 6.11. The number of hydroxylamine groups is 2. The molecule has 8 heteroatoms. The molecule has 1 atom stereocenters. The first-order valence-corrected chi connectivity index (χ1v) is 7.34. The maximum atomic E-state index is 12.3. The number of ether oxygens (including phenoxy) is 1. The van der Waals surface area contributed by atoms with Gasteiger partial charge in [-0.3, -0.25) is 14.8 Å². The lowest BCUT2D eigenvalue weighted by Gasteiger charge is -2.26. The van der Waals surface area contributed by atoms with Gasteiger partial charge in [-0.1, -0.05) is 26.2 Å². The number of unbranched alkanes of at least 4 members (excludes halogenated alkanes) is 2. The molecule has 3 N–H and O–H groups in total. The summed E-state index contributed by atoms with van der Waals surface area (Å²) in [6.07, 6.45) is 2.22. The van der Waals surface area contributed by atoms with E-state index in [0.717, 1.165) is 19.3 Å². The van der Waals surface area contributed by atoms with Gasteiger partial charge in [-0.25, -0.2) is 15.7 Å². The van der Waals surface area contributed by atoms with Crippen molar-refractivity contribution in [3.63, 3.8) is 0 Å². The third-order valence-electron chi connectivity index (χ3n) is 2.86. The van der Waals surface area contributed by atoms with Gasteiger partial charge in [0.1, 0.15) is 5.60 Å². The summed E-state index contributed by atoms with van der Waals surface area (Å²) in [6.45, 7) is 6.76. The average Bonchev–Trinajstić information content (AvgIpc) is 2.42. The summed E-state index contributed by atoms with van der Waals surface area (Å²) in [6, 6.07) is 0. The van der Waals surface area contributed by atoms with E-state index >= 15 is 0 Å². The predicted octanol–water partition coefficient (Wildman–Crippen LogP) is 1.67. The highest BCUT2D eigenvalue weighted by Gasteiger charge is 2.30. The van der Waals surface area contributed by atoms with E-state index in [4.69, 9.17) is 10.6 Å². The number of carbonyl (C=O) groups excluding carboxylic acids is 3. The van der Waals surface area contributed by atoms with Crippen LogP contribution in [0.2, 0.25) is 0 Å². The number of carbonyl (C=O) groups is 3. The minimum atomic E-state index is -0.964. The fourth-order valence-electron chi connectivity index (χ4n) is 1.80. The standard InChI is InChI=1S/C14H27N3O5/c1-5-6-7-8-11(9-16(21)10-18)12(19)17(15)13(20)22-14(2,3)4/h10-11,21H,5-9,15H2,1-4H3. The zero-order chi connectivity index (χ0) is 17.3. The van der Waals surface area contributed by atoms with Crippen LogP contribution in [0.5, 0.6) is 0 Å². The Hall–Kier alpha value is -1.67. The molecule has 3 amide bonds. The van der Waals surface area contributed by atoms with Gasteiger partial charge in [0, 0.05) is 0 Å². The predicted molar refractivity (Wildman–Crippen MR) is 79.5 cm³/mol. The van der Waals surface area contributed by atoms with Crippen LogP contribution in [0.4, 0.5) is 4.79 Å². The van der Waals surface area contributed by atoms with Gasteiger partial charge in [-0.05, 0) is 27.2 Å². The van der Waals surface area contributed by atoms with Crippen LogP contribution < -0.4 is 5.84 Å². The van der Waals surface area contributed by atoms with E-state index in [1.165, 1.54) is 0 Å². The van der Waals surface area contributed by atoms with Crippen molar-refractivity contribution in [3.05, 3.63) is 0 Å². The number of amides is 3. The van der Waals surface area contributed by atoms with Crippen molar-refractivity contribution >= 4 is 18.4 Å². The molecule has 0 aromatic heterocycles.